The van der Waals surface area contributed by atoms with Crippen LogP contribution in [0, 0.1) is 0 Å². The Hall–Kier alpha value is -1.97. The summed E-state index contributed by atoms with van der Waals surface area (Å²) in [6, 6.07) is 7.31. The topological polar surface area (TPSA) is 92.8 Å². The average Bonchev–Trinajstić information content (AvgIpc) is 3.02. The van der Waals surface area contributed by atoms with Crippen LogP contribution in [0.25, 0.3) is 10.9 Å². The van der Waals surface area contributed by atoms with Crippen molar-refractivity contribution in [3.8, 4) is 0 Å². The largest absolute Gasteiger partial charge is 0.383 e. The van der Waals surface area contributed by atoms with E-state index in [-0.39, 0.29) is 10.8 Å². The normalized spacial score (nSPS) is 12.4. The van der Waals surface area contributed by atoms with Crippen molar-refractivity contribution in [2.24, 2.45) is 0 Å². The van der Waals surface area contributed by atoms with Gasteiger partial charge in [-0.15, -0.1) is 10.2 Å². The van der Waals surface area contributed by atoms with Crippen molar-refractivity contribution in [3.05, 3.63) is 40.4 Å². The van der Waals surface area contributed by atoms with Crippen LogP contribution in [0.4, 0.5) is 5.13 Å². The Kier molecular flexibility index (Phi) is 5.44. The SMILES string of the molecule is COCCNc1nnc(S[C@@H](C)c2nc3ccccc3c(=O)[nH]2)s1. The van der Waals surface area contributed by atoms with Gasteiger partial charge in [0.15, 0.2) is 4.34 Å². The summed E-state index contributed by atoms with van der Waals surface area (Å²) < 4.78 is 5.80. The highest BCUT2D eigenvalue weighted by Crippen LogP contribution is 2.35. The molecule has 1 aromatic carbocycles. The fourth-order valence-electron chi connectivity index (χ4n) is 2.09. The highest BCUT2D eigenvalue weighted by molar-refractivity contribution is 8.01. The molecular formula is C15H17N5O2S2. The lowest BCUT2D eigenvalue weighted by Crippen LogP contribution is -2.12. The van der Waals surface area contributed by atoms with E-state index >= 15 is 0 Å². The van der Waals surface area contributed by atoms with Crippen molar-refractivity contribution in [1.29, 1.82) is 0 Å². The van der Waals surface area contributed by atoms with Crippen LogP contribution in [0.15, 0.2) is 33.4 Å². The van der Waals surface area contributed by atoms with Crippen molar-refractivity contribution in [1.82, 2.24) is 20.2 Å². The Balaban J connectivity index is 1.73. The molecule has 0 aliphatic rings. The average molecular weight is 363 g/mol. The molecule has 0 unspecified atom stereocenters. The minimum absolute atomic E-state index is 0.0397. The Labute approximate surface area is 146 Å². The summed E-state index contributed by atoms with van der Waals surface area (Å²) in [5, 5.41) is 12.7. The van der Waals surface area contributed by atoms with Crippen molar-refractivity contribution < 1.29 is 4.74 Å². The molecule has 0 saturated heterocycles. The van der Waals surface area contributed by atoms with Gasteiger partial charge in [-0.3, -0.25) is 4.79 Å². The number of benzene rings is 1. The maximum absolute atomic E-state index is 12.2. The minimum atomic E-state index is -0.123. The number of rotatable bonds is 7. The van der Waals surface area contributed by atoms with Gasteiger partial charge in [-0.2, -0.15) is 0 Å². The van der Waals surface area contributed by atoms with E-state index in [4.69, 9.17) is 4.74 Å². The number of aromatic nitrogens is 4. The number of para-hydroxylation sites is 1. The first kappa shape index (κ1) is 16.9. The molecule has 1 atom stereocenters. The maximum Gasteiger partial charge on any atom is 0.258 e. The molecule has 9 heteroatoms. The molecule has 0 aliphatic carbocycles. The van der Waals surface area contributed by atoms with Crippen molar-refractivity contribution in [2.45, 2.75) is 16.5 Å². The lowest BCUT2D eigenvalue weighted by atomic mass is 10.2. The molecule has 0 amide bonds. The Morgan fingerprint density at radius 3 is 3.04 bits per heavy atom. The summed E-state index contributed by atoms with van der Waals surface area (Å²) >= 11 is 2.98. The molecule has 0 saturated carbocycles. The highest BCUT2D eigenvalue weighted by atomic mass is 32.2. The van der Waals surface area contributed by atoms with Gasteiger partial charge in [0, 0.05) is 13.7 Å². The number of hydrogen-bond donors (Lipinski definition) is 2. The van der Waals surface area contributed by atoms with Crippen LogP contribution < -0.4 is 10.9 Å². The third-order valence-corrected chi connectivity index (χ3v) is 5.36. The third-order valence-electron chi connectivity index (χ3n) is 3.28. The fraction of sp³-hybridized carbons (Fsp3) is 0.333. The molecule has 0 fully saturated rings. The summed E-state index contributed by atoms with van der Waals surface area (Å²) in [5.41, 5.74) is 0.574. The fourth-order valence-corrected chi connectivity index (χ4v) is 4.07. The molecule has 0 aliphatic heterocycles. The predicted octanol–water partition coefficient (Wildman–Crippen LogP) is 2.69. The Morgan fingerprint density at radius 2 is 2.21 bits per heavy atom. The number of hydrogen-bond acceptors (Lipinski definition) is 8. The van der Waals surface area contributed by atoms with Crippen LogP contribution in [0.3, 0.4) is 0 Å². The minimum Gasteiger partial charge on any atom is -0.383 e. The third kappa shape index (κ3) is 3.92. The van der Waals surface area contributed by atoms with Gasteiger partial charge in [0.1, 0.15) is 5.82 Å². The van der Waals surface area contributed by atoms with Gasteiger partial charge in [0.05, 0.1) is 22.8 Å². The molecule has 7 nitrogen and oxygen atoms in total. The second-order valence-corrected chi connectivity index (χ2v) is 7.59. The molecule has 24 heavy (non-hydrogen) atoms. The van der Waals surface area contributed by atoms with E-state index in [1.165, 1.54) is 23.1 Å². The van der Waals surface area contributed by atoms with Crippen LogP contribution in [0.2, 0.25) is 0 Å². The smallest absolute Gasteiger partial charge is 0.258 e. The first-order chi connectivity index (χ1) is 11.7. The van der Waals surface area contributed by atoms with E-state index in [1.54, 1.807) is 13.2 Å². The zero-order valence-electron chi connectivity index (χ0n) is 13.3. The standard InChI is InChI=1S/C15H17N5O2S2/c1-9(23-15-20-19-14(24-15)16-7-8-22-2)12-17-11-6-4-3-5-10(11)13(21)18-12/h3-6,9H,7-8H2,1-2H3,(H,16,19)(H,17,18,21)/t9-/m0/s1. The first-order valence-corrected chi connectivity index (χ1v) is 9.09. The van der Waals surface area contributed by atoms with Crippen molar-refractivity contribution in [3.63, 3.8) is 0 Å². The number of ether oxygens (including phenoxy) is 1. The van der Waals surface area contributed by atoms with E-state index in [1.807, 2.05) is 25.1 Å². The van der Waals surface area contributed by atoms with Crippen LogP contribution in [0.5, 0.6) is 0 Å². The van der Waals surface area contributed by atoms with Gasteiger partial charge in [0.25, 0.3) is 5.56 Å². The molecule has 3 aromatic rings. The summed E-state index contributed by atoms with van der Waals surface area (Å²) in [5.74, 6) is 0.632. The Morgan fingerprint density at radius 1 is 1.38 bits per heavy atom. The van der Waals surface area contributed by atoms with Gasteiger partial charge in [-0.25, -0.2) is 4.98 Å². The quantitative estimate of drug-likeness (QED) is 0.492. The van der Waals surface area contributed by atoms with E-state index in [9.17, 15) is 4.79 Å². The van der Waals surface area contributed by atoms with Crippen LogP contribution in [-0.2, 0) is 4.74 Å². The number of aromatic amines is 1. The molecule has 126 valence electrons. The van der Waals surface area contributed by atoms with Crippen LogP contribution in [-0.4, -0.2) is 40.4 Å². The number of nitrogens with zero attached hydrogens (tertiary/aromatic N) is 3. The molecule has 3 rings (SSSR count). The Bertz CT molecular complexity index is 879. The van der Waals surface area contributed by atoms with Gasteiger partial charge >= 0.3 is 0 Å². The number of H-pyrrole nitrogens is 1. The van der Waals surface area contributed by atoms with E-state index < -0.39 is 0 Å². The maximum atomic E-state index is 12.2. The predicted molar refractivity (Wildman–Crippen MR) is 96.9 cm³/mol. The lowest BCUT2D eigenvalue weighted by molar-refractivity contribution is 0.211. The van der Waals surface area contributed by atoms with Gasteiger partial charge < -0.3 is 15.0 Å². The highest BCUT2D eigenvalue weighted by Gasteiger charge is 2.15. The molecular weight excluding hydrogens is 346 g/mol. The van der Waals surface area contributed by atoms with E-state index in [2.05, 4.69) is 25.5 Å². The lowest BCUT2D eigenvalue weighted by Gasteiger charge is -2.08. The molecule has 2 heterocycles. The molecule has 0 radical (unpaired) electrons. The zero-order chi connectivity index (χ0) is 16.9. The number of methoxy groups -OCH3 is 1. The van der Waals surface area contributed by atoms with Crippen LogP contribution in [0.1, 0.15) is 18.0 Å². The summed E-state index contributed by atoms with van der Waals surface area (Å²) in [6.07, 6.45) is 0. The number of anilines is 1. The summed E-state index contributed by atoms with van der Waals surface area (Å²) in [4.78, 5) is 19.6. The number of thioether (sulfide) groups is 1. The van der Waals surface area contributed by atoms with Gasteiger partial charge in [-0.1, -0.05) is 35.2 Å². The van der Waals surface area contributed by atoms with E-state index in [0.717, 1.165) is 9.47 Å². The molecule has 0 spiro atoms. The van der Waals surface area contributed by atoms with Crippen molar-refractivity contribution in [2.75, 3.05) is 25.6 Å². The summed E-state index contributed by atoms with van der Waals surface area (Å²) in [6.45, 7) is 3.28. The number of fused-ring (bicyclic) bond motifs is 1. The van der Waals surface area contributed by atoms with Crippen LogP contribution >= 0.6 is 23.1 Å². The zero-order valence-corrected chi connectivity index (χ0v) is 14.9. The second-order valence-electron chi connectivity index (χ2n) is 5.02. The monoisotopic (exact) mass is 363 g/mol. The van der Waals surface area contributed by atoms with Crippen molar-refractivity contribution >= 4 is 39.1 Å². The molecule has 2 N–H and O–H groups in total. The second kappa shape index (κ2) is 7.73. The van der Waals surface area contributed by atoms with Gasteiger partial charge in [-0.05, 0) is 19.1 Å². The summed E-state index contributed by atoms with van der Waals surface area (Å²) in [7, 11) is 1.65. The number of nitrogens with one attached hydrogen (secondary N) is 2. The van der Waals surface area contributed by atoms with Gasteiger partial charge in [0.2, 0.25) is 5.13 Å². The molecule has 0 bridgehead atoms. The first-order valence-electron chi connectivity index (χ1n) is 7.39. The van der Waals surface area contributed by atoms with E-state index in [0.29, 0.717) is 29.9 Å². The molecule has 2 aromatic heterocycles.